The number of rotatable bonds is 5. The van der Waals surface area contributed by atoms with Crippen LogP contribution in [0.1, 0.15) is 0 Å². The molecule has 0 fully saturated rings. The molecule has 11 rings (SSSR count). The van der Waals surface area contributed by atoms with Gasteiger partial charge in [-0.3, -0.25) is 0 Å². The van der Waals surface area contributed by atoms with Gasteiger partial charge >= 0.3 is 0 Å². The number of hydrogen-bond acceptors (Lipinski definition) is 3. The molecule has 2 aromatic heterocycles. The van der Waals surface area contributed by atoms with E-state index in [4.69, 9.17) is 14.4 Å². The normalized spacial score (nSPS) is 11.6. The van der Waals surface area contributed by atoms with E-state index >= 15 is 0 Å². The summed E-state index contributed by atoms with van der Waals surface area (Å²) in [5, 5.41) is 8.54. The van der Waals surface area contributed by atoms with Crippen molar-refractivity contribution in [3.05, 3.63) is 194 Å². The first-order valence-electron chi connectivity index (χ1n) is 18.6. The van der Waals surface area contributed by atoms with Crippen molar-refractivity contribution in [1.82, 2.24) is 9.97 Å². The monoisotopic (exact) mass is 700 g/mol. The summed E-state index contributed by atoms with van der Waals surface area (Å²) in [6.45, 7) is 0. The van der Waals surface area contributed by atoms with Crippen molar-refractivity contribution in [1.29, 1.82) is 0 Å². The van der Waals surface area contributed by atoms with Crippen molar-refractivity contribution in [2.75, 3.05) is 0 Å². The Labute approximate surface area is 317 Å². The average molecular weight is 701 g/mol. The molecule has 0 amide bonds. The maximum atomic E-state index is 6.61. The first-order valence-corrected chi connectivity index (χ1v) is 18.6. The zero-order valence-electron chi connectivity index (χ0n) is 29.8. The topological polar surface area (TPSA) is 38.9 Å². The maximum absolute atomic E-state index is 6.61. The molecule has 0 spiro atoms. The summed E-state index contributed by atoms with van der Waals surface area (Å²) in [7, 11) is 0. The van der Waals surface area contributed by atoms with Gasteiger partial charge in [0.15, 0.2) is 11.4 Å². The smallest absolute Gasteiger partial charge is 0.180 e. The van der Waals surface area contributed by atoms with E-state index in [1.165, 1.54) is 37.9 Å². The van der Waals surface area contributed by atoms with E-state index in [0.717, 1.165) is 61.1 Å². The molecule has 0 saturated heterocycles. The molecular formula is C52H32N2O. The molecule has 0 unspecified atom stereocenters. The highest BCUT2D eigenvalue weighted by atomic mass is 16.3. The van der Waals surface area contributed by atoms with E-state index in [-0.39, 0.29) is 0 Å². The van der Waals surface area contributed by atoms with Gasteiger partial charge in [0.25, 0.3) is 0 Å². The number of benzene rings is 9. The van der Waals surface area contributed by atoms with Crippen LogP contribution in [0.3, 0.4) is 0 Å². The minimum Gasteiger partial charge on any atom is -0.452 e. The quantitative estimate of drug-likeness (QED) is 0.168. The van der Waals surface area contributed by atoms with E-state index in [1.807, 2.05) is 12.1 Å². The highest BCUT2D eigenvalue weighted by Crippen LogP contribution is 2.40. The van der Waals surface area contributed by atoms with Gasteiger partial charge in [0.2, 0.25) is 0 Å². The lowest BCUT2D eigenvalue weighted by Crippen LogP contribution is -1.94. The van der Waals surface area contributed by atoms with Crippen LogP contribution in [0.4, 0.5) is 0 Å². The van der Waals surface area contributed by atoms with E-state index in [0.29, 0.717) is 11.4 Å². The average Bonchev–Trinajstić information content (AvgIpc) is 3.65. The predicted octanol–water partition coefficient (Wildman–Crippen LogP) is 14.2. The number of nitrogens with zero attached hydrogens (tertiary/aromatic N) is 2. The van der Waals surface area contributed by atoms with Gasteiger partial charge in [-0.25, -0.2) is 9.97 Å². The Hall–Kier alpha value is -7.36. The van der Waals surface area contributed by atoms with Crippen LogP contribution in [-0.4, -0.2) is 9.97 Å². The zero-order chi connectivity index (χ0) is 36.3. The molecule has 0 saturated carbocycles. The van der Waals surface area contributed by atoms with Crippen LogP contribution in [0, 0.1) is 0 Å². The minimum atomic E-state index is 0.654. The van der Waals surface area contributed by atoms with Gasteiger partial charge in [0, 0.05) is 16.5 Å². The molecule has 11 aromatic rings. The fraction of sp³-hybridized carbons (Fsp3) is 0. The Kier molecular flexibility index (Phi) is 7.17. The lowest BCUT2D eigenvalue weighted by Gasteiger charge is -2.12. The fourth-order valence-electron chi connectivity index (χ4n) is 8.15. The zero-order valence-corrected chi connectivity index (χ0v) is 29.8. The lowest BCUT2D eigenvalue weighted by molar-refractivity contribution is 0.667. The highest BCUT2D eigenvalue weighted by molar-refractivity contribution is 6.25. The van der Waals surface area contributed by atoms with Crippen molar-refractivity contribution in [3.63, 3.8) is 0 Å². The second-order valence-corrected chi connectivity index (χ2v) is 14.1. The fourth-order valence-corrected chi connectivity index (χ4v) is 8.15. The molecule has 0 bridgehead atoms. The molecule has 0 aliphatic heterocycles. The first kappa shape index (κ1) is 31.2. The molecule has 9 aromatic carbocycles. The third kappa shape index (κ3) is 5.28. The van der Waals surface area contributed by atoms with Crippen LogP contribution in [0.15, 0.2) is 199 Å². The summed E-state index contributed by atoms with van der Waals surface area (Å²) < 4.78 is 6.61. The van der Waals surface area contributed by atoms with Crippen LogP contribution in [0.25, 0.3) is 110 Å². The van der Waals surface area contributed by atoms with Gasteiger partial charge in [-0.1, -0.05) is 170 Å². The molecule has 0 radical (unpaired) electrons. The third-order valence-corrected chi connectivity index (χ3v) is 10.9. The lowest BCUT2D eigenvalue weighted by atomic mass is 9.92. The van der Waals surface area contributed by atoms with Crippen molar-refractivity contribution in [2.24, 2.45) is 0 Å². The van der Waals surface area contributed by atoms with Gasteiger partial charge in [-0.05, 0) is 90.0 Å². The number of fused-ring (bicyclic) bond motifs is 9. The van der Waals surface area contributed by atoms with Crippen molar-refractivity contribution in [2.45, 2.75) is 0 Å². The van der Waals surface area contributed by atoms with Crippen LogP contribution in [0.2, 0.25) is 0 Å². The molecule has 3 heteroatoms. The van der Waals surface area contributed by atoms with Crippen molar-refractivity contribution in [3.8, 4) is 56.0 Å². The first-order chi connectivity index (χ1) is 27.2. The SMILES string of the molecule is c1ccc(-c2ccc(-c3nc(-c4cccc(-c5ccc6c7ccccc7c7ccccc7c6c5)c4)nc4c3oc3ccc(-c5ccccc5)cc34)cc2)cc1. The van der Waals surface area contributed by atoms with Crippen molar-refractivity contribution < 1.29 is 4.42 Å². The molecule has 0 aliphatic rings. The Morgan fingerprint density at radius 1 is 0.291 bits per heavy atom. The van der Waals surface area contributed by atoms with Crippen LogP contribution in [-0.2, 0) is 0 Å². The molecule has 0 aliphatic carbocycles. The maximum Gasteiger partial charge on any atom is 0.180 e. The van der Waals surface area contributed by atoms with Crippen molar-refractivity contribution >= 4 is 54.4 Å². The second-order valence-electron chi connectivity index (χ2n) is 14.1. The third-order valence-electron chi connectivity index (χ3n) is 10.9. The molecule has 2 heterocycles. The molecular weight excluding hydrogens is 669 g/mol. The summed E-state index contributed by atoms with van der Waals surface area (Å²) in [5.74, 6) is 0.654. The van der Waals surface area contributed by atoms with Gasteiger partial charge in [-0.15, -0.1) is 0 Å². The summed E-state index contributed by atoms with van der Waals surface area (Å²) in [6, 6.07) is 68.7. The van der Waals surface area contributed by atoms with E-state index in [1.54, 1.807) is 0 Å². The second kappa shape index (κ2) is 12.6. The van der Waals surface area contributed by atoms with Gasteiger partial charge in [0.1, 0.15) is 16.8 Å². The summed E-state index contributed by atoms with van der Waals surface area (Å²) in [4.78, 5) is 10.5. The number of furan rings is 1. The van der Waals surface area contributed by atoms with E-state index in [9.17, 15) is 0 Å². The molecule has 0 N–H and O–H groups in total. The van der Waals surface area contributed by atoms with Crippen LogP contribution >= 0.6 is 0 Å². The Bertz CT molecular complexity index is 3200. The van der Waals surface area contributed by atoms with Gasteiger partial charge in [0.05, 0.1) is 0 Å². The minimum absolute atomic E-state index is 0.654. The summed E-state index contributed by atoms with van der Waals surface area (Å²) in [5.41, 5.74) is 11.8. The Balaban J connectivity index is 1.09. The highest BCUT2D eigenvalue weighted by Gasteiger charge is 2.20. The molecule has 0 atom stereocenters. The molecule has 55 heavy (non-hydrogen) atoms. The van der Waals surface area contributed by atoms with Crippen LogP contribution in [0.5, 0.6) is 0 Å². The largest absolute Gasteiger partial charge is 0.452 e. The Morgan fingerprint density at radius 2 is 0.745 bits per heavy atom. The standard InChI is InChI=1S/C52H32N2O/c1-3-12-33(13-4-1)35-22-24-36(25-23-35)49-51-50(47-32-38(27-29-48(47)55-51)34-14-5-2-6-15-34)54-52(53-49)40-17-11-16-37(30-40)39-26-28-45-43-20-8-7-18-41(43)42-19-9-10-21-44(42)46(45)31-39/h1-32H. The predicted molar refractivity (Wildman–Crippen MR) is 229 cm³/mol. The van der Waals surface area contributed by atoms with Crippen LogP contribution < -0.4 is 0 Å². The van der Waals surface area contributed by atoms with E-state index < -0.39 is 0 Å². The Morgan fingerprint density at radius 3 is 1.44 bits per heavy atom. The number of aromatic nitrogens is 2. The molecule has 256 valence electrons. The summed E-state index contributed by atoms with van der Waals surface area (Å²) in [6.07, 6.45) is 0. The van der Waals surface area contributed by atoms with E-state index in [2.05, 4.69) is 182 Å². The molecule has 3 nitrogen and oxygen atoms in total. The van der Waals surface area contributed by atoms with Gasteiger partial charge in [-0.2, -0.15) is 0 Å². The summed E-state index contributed by atoms with van der Waals surface area (Å²) >= 11 is 0. The van der Waals surface area contributed by atoms with Gasteiger partial charge < -0.3 is 4.42 Å². The number of hydrogen-bond donors (Lipinski definition) is 0.